The molecule has 0 bridgehead atoms. The molecule has 2 aromatic rings. The van der Waals surface area contributed by atoms with Gasteiger partial charge in [-0.1, -0.05) is 44.2 Å². The van der Waals surface area contributed by atoms with Crippen molar-refractivity contribution in [3.05, 3.63) is 57.8 Å². The SMILES string of the molecule is CC(C)CC(=O)N(CC(=O)N1CCc2sccc2[C@@H]1c1ccccc1)C1CC1. The summed E-state index contributed by atoms with van der Waals surface area (Å²) in [6.07, 6.45) is 3.45. The van der Waals surface area contributed by atoms with Gasteiger partial charge in [0.25, 0.3) is 0 Å². The van der Waals surface area contributed by atoms with Gasteiger partial charge in [0.15, 0.2) is 0 Å². The van der Waals surface area contributed by atoms with Crippen molar-refractivity contribution in [1.82, 2.24) is 9.80 Å². The Morgan fingerprint density at radius 3 is 2.61 bits per heavy atom. The average Bonchev–Trinajstić information content (AvgIpc) is 3.41. The lowest BCUT2D eigenvalue weighted by atomic mass is 9.93. The molecule has 1 aromatic heterocycles. The van der Waals surface area contributed by atoms with Crippen LogP contribution in [0, 0.1) is 5.92 Å². The molecule has 2 amide bonds. The van der Waals surface area contributed by atoms with Crippen LogP contribution in [0.2, 0.25) is 0 Å². The van der Waals surface area contributed by atoms with E-state index in [0.717, 1.165) is 24.8 Å². The van der Waals surface area contributed by atoms with Crippen molar-refractivity contribution < 1.29 is 9.59 Å². The minimum Gasteiger partial charge on any atom is -0.330 e. The second-order valence-electron chi connectivity index (χ2n) is 8.30. The number of hydrogen-bond donors (Lipinski definition) is 0. The summed E-state index contributed by atoms with van der Waals surface area (Å²) in [5.74, 6) is 0.495. The van der Waals surface area contributed by atoms with Gasteiger partial charge in [0.1, 0.15) is 6.54 Å². The lowest BCUT2D eigenvalue weighted by Gasteiger charge is -2.37. The molecule has 1 atom stereocenters. The molecule has 0 spiro atoms. The lowest BCUT2D eigenvalue weighted by Crippen LogP contribution is -2.47. The van der Waals surface area contributed by atoms with Crippen molar-refractivity contribution in [2.45, 2.75) is 51.6 Å². The van der Waals surface area contributed by atoms with E-state index in [1.165, 1.54) is 10.4 Å². The third kappa shape index (κ3) is 4.00. The number of fused-ring (bicyclic) bond motifs is 1. The third-order valence-corrected chi connectivity index (χ3v) is 6.59. The molecule has 148 valence electrons. The Balaban J connectivity index is 1.58. The first kappa shape index (κ1) is 19.2. The first-order valence-corrected chi connectivity index (χ1v) is 11.1. The zero-order chi connectivity index (χ0) is 19.7. The summed E-state index contributed by atoms with van der Waals surface area (Å²) < 4.78 is 0. The van der Waals surface area contributed by atoms with Crippen molar-refractivity contribution in [2.24, 2.45) is 5.92 Å². The molecule has 5 heteroatoms. The predicted molar refractivity (Wildman–Crippen MR) is 112 cm³/mol. The van der Waals surface area contributed by atoms with Crippen molar-refractivity contribution in [2.75, 3.05) is 13.1 Å². The number of benzene rings is 1. The summed E-state index contributed by atoms with van der Waals surface area (Å²) in [7, 11) is 0. The van der Waals surface area contributed by atoms with E-state index in [4.69, 9.17) is 0 Å². The molecule has 2 heterocycles. The molecule has 4 rings (SSSR count). The molecule has 0 N–H and O–H groups in total. The molecule has 0 saturated heterocycles. The Kier molecular flexibility index (Phi) is 5.54. The molecule has 28 heavy (non-hydrogen) atoms. The number of hydrogen-bond acceptors (Lipinski definition) is 3. The van der Waals surface area contributed by atoms with Gasteiger partial charge in [0.05, 0.1) is 6.04 Å². The van der Waals surface area contributed by atoms with E-state index in [0.29, 0.717) is 18.9 Å². The summed E-state index contributed by atoms with van der Waals surface area (Å²) in [6, 6.07) is 12.6. The molecule has 1 saturated carbocycles. The quantitative estimate of drug-likeness (QED) is 0.732. The lowest BCUT2D eigenvalue weighted by molar-refractivity contribution is -0.142. The van der Waals surface area contributed by atoms with Crippen molar-refractivity contribution in [3.63, 3.8) is 0 Å². The van der Waals surface area contributed by atoms with Crippen LogP contribution in [0.3, 0.4) is 0 Å². The van der Waals surface area contributed by atoms with E-state index >= 15 is 0 Å². The molecule has 1 aromatic carbocycles. The molecule has 0 radical (unpaired) electrons. The van der Waals surface area contributed by atoms with Gasteiger partial charge in [0, 0.05) is 23.9 Å². The van der Waals surface area contributed by atoms with Gasteiger partial charge in [-0.05, 0) is 47.8 Å². The summed E-state index contributed by atoms with van der Waals surface area (Å²) in [4.78, 5) is 31.3. The van der Waals surface area contributed by atoms with Crippen molar-refractivity contribution in [1.29, 1.82) is 0 Å². The van der Waals surface area contributed by atoms with E-state index in [1.54, 1.807) is 11.3 Å². The molecular formula is C23H28N2O2S. The topological polar surface area (TPSA) is 40.6 Å². The minimum atomic E-state index is -0.0510. The van der Waals surface area contributed by atoms with Crippen molar-refractivity contribution in [3.8, 4) is 0 Å². The minimum absolute atomic E-state index is 0.0510. The van der Waals surface area contributed by atoms with Crippen LogP contribution in [0.5, 0.6) is 0 Å². The first-order valence-electron chi connectivity index (χ1n) is 10.2. The fraction of sp³-hybridized carbons (Fsp3) is 0.478. The average molecular weight is 397 g/mol. The summed E-state index contributed by atoms with van der Waals surface area (Å²) in [5, 5.41) is 2.12. The molecular weight excluding hydrogens is 368 g/mol. The Labute approximate surface area is 171 Å². The number of thiophene rings is 1. The second-order valence-corrected chi connectivity index (χ2v) is 9.30. The number of rotatable bonds is 6. The van der Waals surface area contributed by atoms with E-state index in [-0.39, 0.29) is 30.4 Å². The summed E-state index contributed by atoms with van der Waals surface area (Å²) in [6.45, 7) is 5.03. The fourth-order valence-corrected chi connectivity index (χ4v) is 4.99. The van der Waals surface area contributed by atoms with Gasteiger partial charge in [-0.3, -0.25) is 9.59 Å². The van der Waals surface area contributed by atoms with Crippen LogP contribution in [-0.4, -0.2) is 40.7 Å². The van der Waals surface area contributed by atoms with Crippen molar-refractivity contribution >= 4 is 23.2 Å². The van der Waals surface area contributed by atoms with Gasteiger partial charge in [-0.25, -0.2) is 0 Å². The highest BCUT2D eigenvalue weighted by Crippen LogP contribution is 2.38. The maximum atomic E-state index is 13.4. The zero-order valence-corrected chi connectivity index (χ0v) is 17.5. The van der Waals surface area contributed by atoms with Crippen LogP contribution >= 0.6 is 11.3 Å². The predicted octanol–water partition coefficient (Wildman–Crippen LogP) is 4.26. The highest BCUT2D eigenvalue weighted by molar-refractivity contribution is 7.10. The normalized spacial score (nSPS) is 18.8. The summed E-state index contributed by atoms with van der Waals surface area (Å²) in [5.41, 5.74) is 2.38. The molecule has 0 unspecified atom stereocenters. The van der Waals surface area contributed by atoms with Crippen LogP contribution in [-0.2, 0) is 16.0 Å². The first-order chi connectivity index (χ1) is 13.5. The zero-order valence-electron chi connectivity index (χ0n) is 16.6. The third-order valence-electron chi connectivity index (χ3n) is 5.60. The maximum Gasteiger partial charge on any atom is 0.243 e. The molecule has 1 aliphatic carbocycles. The number of carbonyl (C=O) groups excluding carboxylic acids is 2. The smallest absolute Gasteiger partial charge is 0.243 e. The maximum absolute atomic E-state index is 13.4. The van der Waals surface area contributed by atoms with E-state index in [9.17, 15) is 9.59 Å². The van der Waals surface area contributed by atoms with E-state index in [2.05, 4.69) is 37.4 Å². The number of nitrogens with zero attached hydrogens (tertiary/aromatic N) is 2. The highest BCUT2D eigenvalue weighted by atomic mass is 32.1. The molecule has 1 aliphatic heterocycles. The second kappa shape index (κ2) is 8.08. The number of carbonyl (C=O) groups is 2. The molecule has 1 fully saturated rings. The Morgan fingerprint density at radius 2 is 1.93 bits per heavy atom. The summed E-state index contributed by atoms with van der Waals surface area (Å²) >= 11 is 1.78. The van der Waals surface area contributed by atoms with Gasteiger partial charge in [-0.2, -0.15) is 0 Å². The van der Waals surface area contributed by atoms with Crippen LogP contribution < -0.4 is 0 Å². The largest absolute Gasteiger partial charge is 0.330 e. The van der Waals surface area contributed by atoms with Gasteiger partial charge in [0.2, 0.25) is 11.8 Å². The van der Waals surface area contributed by atoms with E-state index in [1.807, 2.05) is 28.0 Å². The van der Waals surface area contributed by atoms with Crippen LogP contribution in [0.25, 0.3) is 0 Å². The molecule has 2 aliphatic rings. The Bertz CT molecular complexity index is 841. The van der Waals surface area contributed by atoms with Gasteiger partial charge in [-0.15, -0.1) is 11.3 Å². The fourth-order valence-electron chi connectivity index (χ4n) is 4.09. The number of amides is 2. The Morgan fingerprint density at radius 1 is 1.18 bits per heavy atom. The molecule has 4 nitrogen and oxygen atoms in total. The van der Waals surface area contributed by atoms with Crippen LogP contribution in [0.1, 0.15) is 55.2 Å². The van der Waals surface area contributed by atoms with Gasteiger partial charge >= 0.3 is 0 Å². The van der Waals surface area contributed by atoms with Crippen LogP contribution in [0.4, 0.5) is 0 Å². The Hall–Kier alpha value is -2.14. The van der Waals surface area contributed by atoms with E-state index < -0.39 is 0 Å². The van der Waals surface area contributed by atoms with Crippen LogP contribution in [0.15, 0.2) is 41.8 Å². The standard InChI is InChI=1S/C23H28N2O2S/c1-16(2)14-21(26)25(18-8-9-18)15-22(27)24-12-10-20-19(11-13-28-20)23(24)17-6-4-3-5-7-17/h3-7,11,13,16,18,23H,8-10,12,14-15H2,1-2H3/t23-/m0/s1. The monoisotopic (exact) mass is 396 g/mol. The highest BCUT2D eigenvalue weighted by Gasteiger charge is 2.38. The van der Waals surface area contributed by atoms with Gasteiger partial charge < -0.3 is 9.80 Å².